The van der Waals surface area contributed by atoms with Crippen molar-refractivity contribution in [3.63, 3.8) is 0 Å². The molecule has 4 rings (SSSR count). The van der Waals surface area contributed by atoms with Crippen molar-refractivity contribution < 1.29 is 14.7 Å². The number of ketones is 1. The van der Waals surface area contributed by atoms with Gasteiger partial charge < -0.3 is 10.0 Å². The second-order valence-electron chi connectivity index (χ2n) is 8.42. The molecular weight excluding hydrogens is 552 g/mol. The van der Waals surface area contributed by atoms with Crippen LogP contribution in [-0.4, -0.2) is 22.9 Å². The van der Waals surface area contributed by atoms with E-state index in [0.717, 1.165) is 11.1 Å². The molecule has 4 aromatic carbocycles. The first kappa shape index (κ1) is 27.0. The summed E-state index contributed by atoms with van der Waals surface area (Å²) in [4.78, 5) is 27.2. The van der Waals surface area contributed by atoms with Crippen LogP contribution < -0.4 is 4.90 Å². The maximum Gasteiger partial charge on any atom is 0.326 e. The Bertz CT molecular complexity index is 1430. The summed E-state index contributed by atoms with van der Waals surface area (Å²) in [5.74, 6) is -1.22. The third-order valence-corrected chi connectivity index (χ3v) is 6.98. The number of hydrogen-bond acceptors (Lipinski definition) is 3. The van der Waals surface area contributed by atoms with E-state index < -0.39 is 12.0 Å². The number of hydrogen-bond donors (Lipinski definition) is 1. The van der Waals surface area contributed by atoms with Gasteiger partial charge in [-0.1, -0.05) is 101 Å². The normalized spacial score (nSPS) is 11.7. The third kappa shape index (κ3) is 6.65. The van der Waals surface area contributed by atoms with Gasteiger partial charge in [-0.15, -0.1) is 0 Å². The van der Waals surface area contributed by atoms with Crippen molar-refractivity contribution >= 4 is 63.8 Å². The molecule has 0 bridgehead atoms. The summed E-state index contributed by atoms with van der Waals surface area (Å²) in [6.45, 7) is 0.237. The van der Waals surface area contributed by atoms with E-state index in [9.17, 15) is 14.7 Å². The van der Waals surface area contributed by atoms with Gasteiger partial charge in [0, 0.05) is 34.1 Å². The number of nitrogens with zero attached hydrogens (tertiary/aromatic N) is 1. The molecule has 1 N–H and O–H groups in total. The largest absolute Gasteiger partial charge is 0.480 e. The smallest absolute Gasteiger partial charge is 0.326 e. The number of carboxylic acid groups (broad SMARTS) is 1. The second kappa shape index (κ2) is 12.0. The van der Waals surface area contributed by atoms with Crippen molar-refractivity contribution in [3.05, 3.63) is 133 Å². The van der Waals surface area contributed by atoms with Crippen LogP contribution >= 0.6 is 46.4 Å². The molecular formula is C29H21Cl4NO3. The first-order valence-electron chi connectivity index (χ1n) is 11.3. The highest BCUT2D eigenvalue weighted by atomic mass is 35.5. The fourth-order valence-corrected chi connectivity index (χ4v) is 5.04. The number of carboxylic acids is 1. The predicted octanol–water partition coefficient (Wildman–Crippen LogP) is 8.23. The lowest BCUT2D eigenvalue weighted by atomic mass is 10.0. The monoisotopic (exact) mass is 571 g/mol. The predicted molar refractivity (Wildman–Crippen MR) is 151 cm³/mol. The van der Waals surface area contributed by atoms with Crippen molar-refractivity contribution in [3.8, 4) is 0 Å². The van der Waals surface area contributed by atoms with Crippen LogP contribution in [0.25, 0.3) is 0 Å². The number of halogens is 4. The first-order chi connectivity index (χ1) is 17.7. The lowest BCUT2D eigenvalue weighted by Crippen LogP contribution is -2.42. The molecule has 0 amide bonds. The molecule has 8 heteroatoms. The van der Waals surface area contributed by atoms with E-state index in [2.05, 4.69) is 0 Å². The fraction of sp³-hybridized carbons (Fsp3) is 0.103. The molecule has 188 valence electrons. The van der Waals surface area contributed by atoms with E-state index >= 15 is 0 Å². The van der Waals surface area contributed by atoms with E-state index in [1.807, 2.05) is 30.3 Å². The Morgan fingerprint density at radius 3 is 1.95 bits per heavy atom. The van der Waals surface area contributed by atoms with Gasteiger partial charge in [0.25, 0.3) is 0 Å². The van der Waals surface area contributed by atoms with Crippen molar-refractivity contribution in [2.75, 3.05) is 4.90 Å². The molecule has 0 aliphatic heterocycles. The fourth-order valence-electron chi connectivity index (χ4n) is 4.03. The van der Waals surface area contributed by atoms with Gasteiger partial charge in [-0.3, -0.25) is 4.79 Å². The van der Waals surface area contributed by atoms with Crippen molar-refractivity contribution in [1.29, 1.82) is 0 Å². The van der Waals surface area contributed by atoms with E-state index in [-0.39, 0.29) is 23.8 Å². The van der Waals surface area contributed by atoms with Crippen molar-refractivity contribution in [2.45, 2.75) is 19.0 Å². The molecule has 4 aromatic rings. The lowest BCUT2D eigenvalue weighted by Gasteiger charge is -2.32. The molecule has 0 saturated heterocycles. The topological polar surface area (TPSA) is 57.6 Å². The van der Waals surface area contributed by atoms with Gasteiger partial charge >= 0.3 is 5.97 Å². The average molecular weight is 573 g/mol. The van der Waals surface area contributed by atoms with Gasteiger partial charge in [0.15, 0.2) is 5.78 Å². The molecule has 4 nitrogen and oxygen atoms in total. The molecule has 0 fully saturated rings. The molecule has 0 heterocycles. The van der Waals surface area contributed by atoms with Crippen LogP contribution in [0, 0.1) is 0 Å². The van der Waals surface area contributed by atoms with Gasteiger partial charge in [0.2, 0.25) is 0 Å². The average Bonchev–Trinajstić information content (AvgIpc) is 2.87. The van der Waals surface area contributed by atoms with Gasteiger partial charge in [0.1, 0.15) is 6.04 Å². The number of anilines is 1. The van der Waals surface area contributed by atoms with Gasteiger partial charge in [-0.25, -0.2) is 4.79 Å². The zero-order valence-corrected chi connectivity index (χ0v) is 22.4. The zero-order chi connectivity index (χ0) is 26.5. The van der Waals surface area contributed by atoms with Crippen molar-refractivity contribution in [2.24, 2.45) is 0 Å². The van der Waals surface area contributed by atoms with Crippen LogP contribution in [0.2, 0.25) is 20.1 Å². The minimum absolute atomic E-state index is 0.237. The Balaban J connectivity index is 1.66. The van der Waals surface area contributed by atoms with Crippen LogP contribution in [-0.2, 0) is 17.8 Å². The molecule has 0 saturated carbocycles. The minimum Gasteiger partial charge on any atom is -0.480 e. The molecule has 0 radical (unpaired) electrons. The summed E-state index contributed by atoms with van der Waals surface area (Å²) in [5, 5.41) is 11.7. The maximum atomic E-state index is 13.0. The van der Waals surface area contributed by atoms with Crippen LogP contribution in [0.3, 0.4) is 0 Å². The van der Waals surface area contributed by atoms with E-state index in [1.54, 1.807) is 59.5 Å². The van der Waals surface area contributed by atoms with Gasteiger partial charge in [0.05, 0.1) is 15.7 Å². The molecule has 0 aromatic heterocycles. The molecule has 0 aliphatic carbocycles. The Hall–Kier alpha value is -3.02. The van der Waals surface area contributed by atoms with Crippen LogP contribution in [0.4, 0.5) is 5.69 Å². The molecule has 0 unspecified atom stereocenters. The quantitative estimate of drug-likeness (QED) is 0.205. The maximum absolute atomic E-state index is 13.0. The zero-order valence-electron chi connectivity index (χ0n) is 19.4. The minimum atomic E-state index is -0.987. The van der Waals surface area contributed by atoms with Crippen LogP contribution in [0.1, 0.15) is 27.0 Å². The Labute approximate surface area is 235 Å². The summed E-state index contributed by atoms with van der Waals surface area (Å²) in [6.07, 6.45) is 0.265. The SMILES string of the molecule is O=C(c1ccc(CN(c2ccc(Cl)cc2Cl)[C@@H](Cc2ccccc2)C(=O)O)cc1)c1ccc(Cl)cc1Cl. The number of aliphatic carboxylic acids is 1. The van der Waals surface area contributed by atoms with Crippen LogP contribution in [0.5, 0.6) is 0 Å². The summed E-state index contributed by atoms with van der Waals surface area (Å²) in [6, 6.07) is 25.2. The second-order valence-corrected chi connectivity index (χ2v) is 10.1. The highest BCUT2D eigenvalue weighted by Crippen LogP contribution is 2.32. The Morgan fingerprint density at radius 2 is 1.35 bits per heavy atom. The Kier molecular flexibility index (Phi) is 8.78. The molecule has 0 spiro atoms. The summed E-state index contributed by atoms with van der Waals surface area (Å²) in [5.41, 5.74) is 3.02. The van der Waals surface area contributed by atoms with E-state index in [1.165, 1.54) is 6.07 Å². The standard InChI is InChI=1S/C29H21Cl4NO3/c30-21-10-12-23(24(32)15-21)28(35)20-8-6-19(7-9-20)17-34(26-13-11-22(31)16-25(26)33)27(29(36)37)14-18-4-2-1-3-5-18/h1-13,15-16,27H,14,17H2,(H,36,37)/t27-/m0/s1. The van der Waals surface area contributed by atoms with Gasteiger partial charge in [-0.05, 0) is 47.5 Å². The molecule has 0 aliphatic rings. The first-order valence-corrected chi connectivity index (χ1v) is 12.8. The number of rotatable bonds is 9. The number of carbonyl (C=O) groups is 2. The van der Waals surface area contributed by atoms with E-state index in [4.69, 9.17) is 46.4 Å². The molecule has 37 heavy (non-hydrogen) atoms. The summed E-state index contributed by atoms with van der Waals surface area (Å²) in [7, 11) is 0. The van der Waals surface area contributed by atoms with Crippen molar-refractivity contribution in [1.82, 2.24) is 0 Å². The van der Waals surface area contributed by atoms with Gasteiger partial charge in [-0.2, -0.15) is 0 Å². The number of benzene rings is 4. The summed E-state index contributed by atoms with van der Waals surface area (Å²) < 4.78 is 0. The molecule has 1 atom stereocenters. The summed E-state index contributed by atoms with van der Waals surface area (Å²) >= 11 is 24.8. The third-order valence-electron chi connectivity index (χ3n) is 5.90. The highest BCUT2D eigenvalue weighted by molar-refractivity contribution is 6.37. The Morgan fingerprint density at radius 1 is 0.730 bits per heavy atom. The van der Waals surface area contributed by atoms with E-state index in [0.29, 0.717) is 31.9 Å². The highest BCUT2D eigenvalue weighted by Gasteiger charge is 2.28. The lowest BCUT2D eigenvalue weighted by molar-refractivity contribution is -0.138. The van der Waals surface area contributed by atoms with Crippen LogP contribution in [0.15, 0.2) is 91.0 Å². The number of carbonyl (C=O) groups excluding carboxylic acids is 1.